The number of halogens is 6. The fraction of sp³-hybridized carbons (Fsp3) is 0.424. The Labute approximate surface area is 299 Å². The smallest absolute Gasteiger partial charge is 0.416 e. The highest BCUT2D eigenvalue weighted by atomic mass is 35.5. The van der Waals surface area contributed by atoms with Crippen LogP contribution in [0.5, 0.6) is 5.75 Å². The van der Waals surface area contributed by atoms with Gasteiger partial charge < -0.3 is 29.7 Å². The van der Waals surface area contributed by atoms with Crippen molar-refractivity contribution in [3.05, 3.63) is 68.6 Å². The fourth-order valence-electron chi connectivity index (χ4n) is 6.08. The summed E-state index contributed by atoms with van der Waals surface area (Å²) in [4.78, 5) is 62.4. The molecule has 1 aliphatic rings. The Kier molecular flexibility index (Phi) is 10.6. The van der Waals surface area contributed by atoms with Crippen LogP contribution in [0.4, 0.5) is 39.1 Å². The number of carbonyl (C=O) groups excluding carboxylic acids is 2. The van der Waals surface area contributed by atoms with Crippen molar-refractivity contribution in [2.24, 2.45) is 0 Å². The number of amides is 2. The van der Waals surface area contributed by atoms with E-state index in [1.165, 1.54) is 27.5 Å². The standard InChI is InChI=1S/C33H35ClF5N9O4/c1-6-22-27(47-10-9-46(14-19(47)12-32(3,35)36)31(52)26-28(50)17(2)41-16-42-26)29(51)25-30(40-13-23(44-25)45(4)5)48(22)15-24(49)43-21-8-7-18(11-20(21)34)33(37,38)39/h7-8,11,13,16,19,50H,6,9-10,12,14-15H2,1-5H3,(H,43,49). The number of aromatic nitrogens is 5. The molecule has 1 aliphatic heterocycles. The second-order valence-electron chi connectivity index (χ2n) is 12.6. The second kappa shape index (κ2) is 14.5. The molecule has 13 nitrogen and oxygen atoms in total. The number of hydrogen-bond donors (Lipinski definition) is 2. The number of benzene rings is 1. The Balaban J connectivity index is 1.60. The highest BCUT2D eigenvalue weighted by Gasteiger charge is 2.39. The Morgan fingerprint density at radius 3 is 2.44 bits per heavy atom. The van der Waals surface area contributed by atoms with Crippen molar-refractivity contribution >= 4 is 51.8 Å². The Morgan fingerprint density at radius 2 is 1.83 bits per heavy atom. The van der Waals surface area contributed by atoms with E-state index >= 15 is 0 Å². The van der Waals surface area contributed by atoms with Gasteiger partial charge in [-0.25, -0.2) is 28.7 Å². The third-order valence-electron chi connectivity index (χ3n) is 8.55. The number of aryl methyl sites for hydroxylation is 1. The Morgan fingerprint density at radius 1 is 1.12 bits per heavy atom. The fourth-order valence-corrected chi connectivity index (χ4v) is 6.31. The molecule has 52 heavy (non-hydrogen) atoms. The van der Waals surface area contributed by atoms with Crippen LogP contribution in [0.1, 0.15) is 47.7 Å². The van der Waals surface area contributed by atoms with E-state index in [2.05, 4.69) is 25.3 Å². The van der Waals surface area contributed by atoms with Gasteiger partial charge in [-0.15, -0.1) is 0 Å². The van der Waals surface area contributed by atoms with Crippen molar-refractivity contribution in [2.75, 3.05) is 48.8 Å². The van der Waals surface area contributed by atoms with Gasteiger partial charge in [-0.3, -0.25) is 14.4 Å². The molecule has 2 amide bonds. The van der Waals surface area contributed by atoms with Crippen LogP contribution in [-0.4, -0.2) is 92.0 Å². The van der Waals surface area contributed by atoms with Gasteiger partial charge in [-0.1, -0.05) is 18.5 Å². The van der Waals surface area contributed by atoms with E-state index in [4.69, 9.17) is 11.6 Å². The Hall–Kier alpha value is -5.13. The molecule has 0 spiro atoms. The number of nitrogens with one attached hydrogen (secondary N) is 1. The van der Waals surface area contributed by atoms with Gasteiger partial charge in [0, 0.05) is 45.8 Å². The van der Waals surface area contributed by atoms with Gasteiger partial charge in [0.05, 0.1) is 34.2 Å². The van der Waals surface area contributed by atoms with Crippen LogP contribution < -0.4 is 20.5 Å². The quantitative estimate of drug-likeness (QED) is 0.226. The molecular formula is C33H35ClF5N9O4. The van der Waals surface area contributed by atoms with Gasteiger partial charge in [0.2, 0.25) is 17.3 Å². The average Bonchev–Trinajstić information content (AvgIpc) is 3.06. The summed E-state index contributed by atoms with van der Waals surface area (Å²) in [6.45, 7) is 2.95. The highest BCUT2D eigenvalue weighted by Crippen LogP contribution is 2.35. The van der Waals surface area contributed by atoms with Crippen molar-refractivity contribution in [3.63, 3.8) is 0 Å². The van der Waals surface area contributed by atoms with Gasteiger partial charge in [0.15, 0.2) is 22.6 Å². The predicted octanol–water partition coefficient (Wildman–Crippen LogP) is 4.91. The second-order valence-corrected chi connectivity index (χ2v) is 13.0. The third-order valence-corrected chi connectivity index (χ3v) is 8.86. The first kappa shape index (κ1) is 38.1. The van der Waals surface area contributed by atoms with Gasteiger partial charge in [0.1, 0.15) is 24.4 Å². The summed E-state index contributed by atoms with van der Waals surface area (Å²) in [6, 6.07) is 1.33. The summed E-state index contributed by atoms with van der Waals surface area (Å²) in [5.74, 6) is -4.84. The maximum absolute atomic E-state index is 14.8. The summed E-state index contributed by atoms with van der Waals surface area (Å²) in [6.07, 6.45) is -2.84. The molecule has 3 aromatic heterocycles. The number of carbonyl (C=O) groups is 2. The number of hydrogen-bond acceptors (Lipinski definition) is 10. The average molecular weight is 752 g/mol. The number of aromatic hydroxyl groups is 1. The minimum atomic E-state index is -4.66. The lowest BCUT2D eigenvalue weighted by atomic mass is 10.0. The molecule has 5 rings (SSSR count). The molecule has 0 bridgehead atoms. The molecule has 4 aromatic rings. The van der Waals surface area contributed by atoms with Crippen molar-refractivity contribution in [1.82, 2.24) is 29.4 Å². The summed E-state index contributed by atoms with van der Waals surface area (Å²) in [7, 11) is 3.34. The van der Waals surface area contributed by atoms with Gasteiger partial charge in [-0.05, 0) is 38.5 Å². The van der Waals surface area contributed by atoms with E-state index in [0.717, 1.165) is 25.4 Å². The number of pyridine rings is 1. The van der Waals surface area contributed by atoms with Crippen LogP contribution in [-0.2, 0) is 23.9 Å². The predicted molar refractivity (Wildman–Crippen MR) is 183 cm³/mol. The summed E-state index contributed by atoms with van der Waals surface area (Å²) in [5.41, 5.74) is -1.83. The topological polar surface area (TPSA) is 150 Å². The lowest BCUT2D eigenvalue weighted by molar-refractivity contribution is -0.137. The number of piperazine rings is 1. The lowest BCUT2D eigenvalue weighted by Gasteiger charge is -2.44. The van der Waals surface area contributed by atoms with Crippen LogP contribution in [0, 0.1) is 6.92 Å². The van der Waals surface area contributed by atoms with E-state index in [0.29, 0.717) is 11.9 Å². The molecule has 278 valence electrons. The third kappa shape index (κ3) is 7.85. The van der Waals surface area contributed by atoms with Crippen LogP contribution >= 0.6 is 11.6 Å². The van der Waals surface area contributed by atoms with Gasteiger partial charge in [0.25, 0.3) is 5.91 Å². The number of alkyl halides is 5. The minimum Gasteiger partial charge on any atom is -0.504 e. The molecule has 1 aromatic carbocycles. The van der Waals surface area contributed by atoms with Crippen LogP contribution in [0.15, 0.2) is 35.5 Å². The summed E-state index contributed by atoms with van der Waals surface area (Å²) in [5, 5.41) is 12.6. The van der Waals surface area contributed by atoms with Gasteiger partial charge in [-0.2, -0.15) is 13.2 Å². The Bertz CT molecular complexity index is 2090. The molecule has 1 saturated heterocycles. The first-order chi connectivity index (χ1) is 24.3. The van der Waals surface area contributed by atoms with E-state index < -0.39 is 59.7 Å². The summed E-state index contributed by atoms with van der Waals surface area (Å²) < 4.78 is 70.6. The summed E-state index contributed by atoms with van der Waals surface area (Å²) >= 11 is 6.08. The monoisotopic (exact) mass is 751 g/mol. The first-order valence-corrected chi connectivity index (χ1v) is 16.4. The van der Waals surface area contributed by atoms with Crippen molar-refractivity contribution in [2.45, 2.75) is 58.3 Å². The highest BCUT2D eigenvalue weighted by molar-refractivity contribution is 6.33. The molecule has 1 unspecified atom stereocenters. The SMILES string of the molecule is CCc1c(N2CCN(C(=O)c3ncnc(C)c3O)CC2CC(C)(F)F)c(=O)c2nc(N(C)C)cnc2n1CC(=O)Nc1ccc(C(F)(F)F)cc1Cl. The zero-order chi connectivity index (χ0) is 38.3. The molecule has 0 radical (unpaired) electrons. The van der Waals surface area contributed by atoms with Crippen LogP contribution in [0.3, 0.4) is 0 Å². The van der Waals surface area contributed by atoms with Crippen LogP contribution in [0.2, 0.25) is 5.02 Å². The largest absolute Gasteiger partial charge is 0.504 e. The maximum Gasteiger partial charge on any atom is 0.416 e. The number of rotatable bonds is 9. The van der Waals surface area contributed by atoms with Crippen LogP contribution in [0.25, 0.3) is 11.2 Å². The number of anilines is 3. The van der Waals surface area contributed by atoms with Crippen molar-refractivity contribution in [3.8, 4) is 5.75 Å². The van der Waals surface area contributed by atoms with Crippen molar-refractivity contribution in [1.29, 1.82) is 0 Å². The normalized spacial score (nSPS) is 15.2. The zero-order valence-corrected chi connectivity index (χ0v) is 29.5. The van der Waals surface area contributed by atoms with E-state index in [1.54, 1.807) is 25.9 Å². The molecule has 1 fully saturated rings. The lowest BCUT2D eigenvalue weighted by Crippen LogP contribution is -2.57. The maximum atomic E-state index is 14.8. The van der Waals surface area contributed by atoms with E-state index in [1.807, 2.05) is 0 Å². The number of fused-ring (bicyclic) bond motifs is 1. The molecular weight excluding hydrogens is 717 g/mol. The number of nitrogens with zero attached hydrogens (tertiary/aromatic N) is 8. The molecule has 0 saturated carbocycles. The molecule has 2 N–H and O–H groups in total. The van der Waals surface area contributed by atoms with Crippen molar-refractivity contribution < 1.29 is 36.6 Å². The van der Waals surface area contributed by atoms with Gasteiger partial charge >= 0.3 is 6.18 Å². The zero-order valence-electron chi connectivity index (χ0n) is 28.7. The van der Waals surface area contributed by atoms with E-state index in [9.17, 15) is 41.4 Å². The molecule has 19 heteroatoms. The van der Waals surface area contributed by atoms with E-state index in [-0.39, 0.29) is 70.7 Å². The molecule has 4 heterocycles. The first-order valence-electron chi connectivity index (χ1n) is 16.0. The minimum absolute atomic E-state index is 0.00524. The molecule has 1 atom stereocenters. The molecule has 0 aliphatic carbocycles.